The fourth-order valence-corrected chi connectivity index (χ4v) is 3.44. The largest absolute Gasteiger partial charge is 0.424 e. The van der Waals surface area contributed by atoms with E-state index in [-0.39, 0.29) is 0 Å². The van der Waals surface area contributed by atoms with Gasteiger partial charge in [-0.1, -0.05) is 17.8 Å². The summed E-state index contributed by atoms with van der Waals surface area (Å²) in [4.78, 5) is 4.46. The Morgan fingerprint density at radius 3 is 2.70 bits per heavy atom. The van der Waals surface area contributed by atoms with Gasteiger partial charge in [0.25, 0.3) is 0 Å². The normalized spacial score (nSPS) is 14.3. The molecule has 0 amide bonds. The van der Waals surface area contributed by atoms with Crippen molar-refractivity contribution in [1.82, 2.24) is 19.7 Å². The van der Waals surface area contributed by atoms with Crippen molar-refractivity contribution in [2.24, 2.45) is 0 Å². The molecule has 0 bridgehead atoms. The second-order valence-electron chi connectivity index (χ2n) is 6.02. The lowest BCUT2D eigenvalue weighted by molar-refractivity contribution is 0.466. The van der Waals surface area contributed by atoms with Gasteiger partial charge in [-0.3, -0.25) is 4.57 Å². The van der Waals surface area contributed by atoms with E-state index in [0.29, 0.717) is 17.6 Å². The van der Waals surface area contributed by atoms with E-state index in [2.05, 4.69) is 51.8 Å². The maximum Gasteiger partial charge on any atom is 0.226 e. The van der Waals surface area contributed by atoms with Crippen molar-refractivity contribution in [2.75, 3.05) is 0 Å². The summed E-state index contributed by atoms with van der Waals surface area (Å²) in [5.41, 5.74) is 3.62. The van der Waals surface area contributed by atoms with Gasteiger partial charge in [-0.05, 0) is 49.9 Å². The Morgan fingerprint density at radius 1 is 1.17 bits per heavy atom. The number of benzene rings is 1. The first-order chi connectivity index (χ1) is 11.2. The molecule has 118 valence electrons. The predicted molar refractivity (Wildman–Crippen MR) is 88.9 cm³/mol. The molecule has 0 radical (unpaired) electrons. The summed E-state index contributed by atoms with van der Waals surface area (Å²) in [6, 6.07) is 6.50. The van der Waals surface area contributed by atoms with E-state index in [9.17, 15) is 0 Å². The molecular weight excluding hydrogens is 308 g/mol. The Bertz CT molecular complexity index is 814. The maximum atomic E-state index is 5.71. The van der Waals surface area contributed by atoms with Crippen molar-refractivity contribution in [3.05, 3.63) is 53.5 Å². The first-order valence-corrected chi connectivity index (χ1v) is 8.75. The Balaban J connectivity index is 1.52. The van der Waals surface area contributed by atoms with E-state index in [1.165, 1.54) is 24.0 Å². The highest BCUT2D eigenvalue weighted by molar-refractivity contribution is 7.98. The third-order valence-electron chi connectivity index (χ3n) is 3.83. The fourth-order valence-electron chi connectivity index (χ4n) is 2.63. The van der Waals surface area contributed by atoms with Crippen LogP contribution in [0.2, 0.25) is 0 Å². The smallest absolute Gasteiger partial charge is 0.226 e. The third-order valence-corrected chi connectivity index (χ3v) is 4.78. The number of hydrogen-bond donors (Lipinski definition) is 0. The summed E-state index contributed by atoms with van der Waals surface area (Å²) < 4.78 is 7.81. The molecule has 1 aromatic carbocycles. The van der Waals surface area contributed by atoms with Crippen molar-refractivity contribution < 1.29 is 4.42 Å². The van der Waals surface area contributed by atoms with Crippen molar-refractivity contribution in [3.63, 3.8) is 0 Å². The van der Waals surface area contributed by atoms with E-state index in [4.69, 9.17) is 4.42 Å². The molecular formula is C17H18N4OS. The monoisotopic (exact) mass is 326 g/mol. The molecule has 0 aliphatic heterocycles. The lowest BCUT2D eigenvalue weighted by Crippen LogP contribution is -1.97. The molecule has 0 saturated heterocycles. The summed E-state index contributed by atoms with van der Waals surface area (Å²) in [7, 11) is 0. The molecule has 23 heavy (non-hydrogen) atoms. The summed E-state index contributed by atoms with van der Waals surface area (Å²) >= 11 is 1.61. The summed E-state index contributed by atoms with van der Waals surface area (Å²) in [5, 5.41) is 9.19. The van der Waals surface area contributed by atoms with E-state index in [0.717, 1.165) is 16.7 Å². The number of aryl methyl sites for hydroxylation is 2. The zero-order valence-corrected chi connectivity index (χ0v) is 14.0. The van der Waals surface area contributed by atoms with E-state index in [1.54, 1.807) is 11.8 Å². The molecule has 1 fully saturated rings. The van der Waals surface area contributed by atoms with Gasteiger partial charge in [-0.15, -0.1) is 10.2 Å². The lowest BCUT2D eigenvalue weighted by atomic mass is 10.1. The SMILES string of the molecule is Cc1cc(C)cc(-n2ccnc2SCc2nnc(C3CC3)o2)c1. The predicted octanol–water partition coefficient (Wildman–Crippen LogP) is 4.04. The van der Waals surface area contributed by atoms with Crippen LogP contribution < -0.4 is 0 Å². The molecule has 0 unspecified atom stereocenters. The summed E-state index contributed by atoms with van der Waals surface area (Å²) in [6.45, 7) is 4.22. The van der Waals surface area contributed by atoms with E-state index >= 15 is 0 Å². The number of hydrogen-bond acceptors (Lipinski definition) is 5. The molecule has 3 aromatic rings. The zero-order valence-electron chi connectivity index (χ0n) is 13.2. The van der Waals surface area contributed by atoms with Crippen molar-refractivity contribution in [3.8, 4) is 5.69 Å². The van der Waals surface area contributed by atoms with Gasteiger partial charge in [-0.2, -0.15) is 0 Å². The first-order valence-electron chi connectivity index (χ1n) is 7.76. The number of thioether (sulfide) groups is 1. The van der Waals surface area contributed by atoms with Crippen molar-refractivity contribution >= 4 is 11.8 Å². The lowest BCUT2D eigenvalue weighted by Gasteiger charge is -2.09. The van der Waals surface area contributed by atoms with Crippen LogP contribution in [-0.4, -0.2) is 19.7 Å². The second-order valence-corrected chi connectivity index (χ2v) is 6.97. The standard InChI is InChI=1S/C17H18N4OS/c1-11-7-12(2)9-14(8-11)21-6-5-18-17(21)23-10-15-19-20-16(22-15)13-3-4-13/h5-9,13H,3-4,10H2,1-2H3. The maximum absolute atomic E-state index is 5.71. The molecule has 6 heteroatoms. The van der Waals surface area contributed by atoms with Gasteiger partial charge >= 0.3 is 0 Å². The number of imidazole rings is 1. The minimum absolute atomic E-state index is 0.499. The van der Waals surface area contributed by atoms with Crippen LogP contribution in [0, 0.1) is 13.8 Å². The van der Waals surface area contributed by atoms with Gasteiger partial charge in [0.05, 0.1) is 5.75 Å². The Kier molecular flexibility index (Phi) is 3.69. The summed E-state index contributed by atoms with van der Waals surface area (Å²) in [5.74, 6) is 2.60. The molecule has 5 nitrogen and oxygen atoms in total. The number of nitrogens with zero attached hydrogens (tertiary/aromatic N) is 4. The highest BCUT2D eigenvalue weighted by atomic mass is 32.2. The Morgan fingerprint density at radius 2 is 1.96 bits per heavy atom. The molecule has 0 spiro atoms. The second kappa shape index (κ2) is 5.85. The fraction of sp³-hybridized carbons (Fsp3) is 0.353. The van der Waals surface area contributed by atoms with Crippen LogP contribution in [0.15, 0.2) is 40.2 Å². The number of aromatic nitrogens is 4. The molecule has 0 atom stereocenters. The van der Waals surface area contributed by atoms with Gasteiger partial charge in [-0.25, -0.2) is 4.98 Å². The molecule has 2 aromatic heterocycles. The van der Waals surface area contributed by atoms with Crippen LogP contribution in [0.4, 0.5) is 0 Å². The van der Waals surface area contributed by atoms with Crippen LogP contribution in [0.5, 0.6) is 0 Å². The van der Waals surface area contributed by atoms with Gasteiger partial charge in [0, 0.05) is 24.0 Å². The van der Waals surface area contributed by atoms with Crippen LogP contribution >= 0.6 is 11.8 Å². The van der Waals surface area contributed by atoms with Crippen molar-refractivity contribution in [1.29, 1.82) is 0 Å². The molecule has 1 aliphatic rings. The van der Waals surface area contributed by atoms with Gasteiger partial charge in [0.2, 0.25) is 11.8 Å². The third kappa shape index (κ3) is 3.17. The highest BCUT2D eigenvalue weighted by Gasteiger charge is 2.29. The zero-order chi connectivity index (χ0) is 15.8. The Hall–Kier alpha value is -2.08. The minimum Gasteiger partial charge on any atom is -0.424 e. The van der Waals surface area contributed by atoms with Crippen molar-refractivity contribution in [2.45, 2.75) is 43.5 Å². The Labute approximate surface area is 139 Å². The minimum atomic E-state index is 0.499. The first kappa shape index (κ1) is 14.5. The highest BCUT2D eigenvalue weighted by Crippen LogP contribution is 2.39. The van der Waals surface area contributed by atoms with E-state index < -0.39 is 0 Å². The van der Waals surface area contributed by atoms with E-state index in [1.807, 2.05) is 12.4 Å². The van der Waals surface area contributed by atoms with Gasteiger partial charge < -0.3 is 4.42 Å². The summed E-state index contributed by atoms with van der Waals surface area (Å²) in [6.07, 6.45) is 6.15. The van der Waals surface area contributed by atoms with Crippen LogP contribution in [0.25, 0.3) is 5.69 Å². The number of rotatable bonds is 5. The van der Waals surface area contributed by atoms with Gasteiger partial charge in [0.1, 0.15) is 0 Å². The molecule has 1 aliphatic carbocycles. The average molecular weight is 326 g/mol. The van der Waals surface area contributed by atoms with Crippen LogP contribution in [-0.2, 0) is 5.75 Å². The van der Waals surface area contributed by atoms with Crippen LogP contribution in [0.3, 0.4) is 0 Å². The van der Waals surface area contributed by atoms with Gasteiger partial charge in [0.15, 0.2) is 5.16 Å². The molecule has 0 N–H and O–H groups in total. The van der Waals surface area contributed by atoms with Crippen LogP contribution in [0.1, 0.15) is 41.7 Å². The quantitative estimate of drug-likeness (QED) is 0.662. The molecule has 4 rings (SSSR count). The molecule has 2 heterocycles. The topological polar surface area (TPSA) is 56.7 Å². The molecule has 1 saturated carbocycles. The average Bonchev–Trinajstić information content (AvgIpc) is 3.08.